The molecule has 0 aliphatic heterocycles. The summed E-state index contributed by atoms with van der Waals surface area (Å²) in [6.07, 6.45) is 5.82. The summed E-state index contributed by atoms with van der Waals surface area (Å²) < 4.78 is 5.31. The van der Waals surface area contributed by atoms with E-state index in [0.717, 1.165) is 18.9 Å². The van der Waals surface area contributed by atoms with Crippen LogP contribution in [0.1, 0.15) is 52.9 Å². The summed E-state index contributed by atoms with van der Waals surface area (Å²) in [4.78, 5) is 13.3. The highest BCUT2D eigenvalue weighted by Gasteiger charge is 2.13. The number of hydrogen-bond acceptors (Lipinski definition) is 3. The Morgan fingerprint density at radius 1 is 1.30 bits per heavy atom. The van der Waals surface area contributed by atoms with E-state index in [1.165, 1.54) is 25.7 Å². The molecule has 4 nitrogen and oxygen atoms in total. The van der Waals surface area contributed by atoms with Crippen molar-refractivity contribution >= 4 is 6.09 Å². The maximum absolute atomic E-state index is 11.7. The van der Waals surface area contributed by atoms with Gasteiger partial charge in [-0.1, -0.05) is 40.0 Å². The number of amides is 1. The molecule has 4 heteroatoms. The van der Waals surface area contributed by atoms with Gasteiger partial charge in [-0.3, -0.25) is 0 Å². The Labute approximate surface area is 125 Å². The average Bonchev–Trinajstić information content (AvgIpc) is 2.43. The molecular weight excluding hydrogens is 252 g/mol. The normalized spacial score (nSPS) is 13.8. The van der Waals surface area contributed by atoms with Crippen LogP contribution in [0.5, 0.6) is 0 Å². The molecule has 1 N–H and O–H groups in total. The van der Waals surface area contributed by atoms with E-state index in [-0.39, 0.29) is 6.09 Å². The first kappa shape index (κ1) is 19.2. The van der Waals surface area contributed by atoms with Crippen molar-refractivity contribution in [1.29, 1.82) is 0 Å². The number of carbonyl (C=O) groups is 1. The lowest BCUT2D eigenvalue weighted by molar-refractivity contribution is 0.104. The minimum atomic E-state index is -0.215. The highest BCUT2D eigenvalue weighted by atomic mass is 16.6. The molecule has 120 valence electrons. The number of likely N-dealkylation sites (N-methyl/N-ethyl adjacent to an activating group) is 2. The van der Waals surface area contributed by atoms with Crippen LogP contribution in [0.3, 0.4) is 0 Å². The number of rotatable bonds is 11. The Morgan fingerprint density at radius 3 is 2.55 bits per heavy atom. The smallest absolute Gasteiger partial charge is 0.409 e. The Balaban J connectivity index is 3.78. The molecule has 0 rings (SSSR count). The first-order valence-electron chi connectivity index (χ1n) is 8.07. The predicted octanol–water partition coefficient (Wildman–Crippen LogP) is 3.52. The molecule has 0 aliphatic carbocycles. The van der Waals surface area contributed by atoms with Gasteiger partial charge in [-0.25, -0.2) is 4.79 Å². The topological polar surface area (TPSA) is 41.6 Å². The second-order valence-electron chi connectivity index (χ2n) is 5.83. The lowest BCUT2D eigenvalue weighted by Crippen LogP contribution is -2.33. The summed E-state index contributed by atoms with van der Waals surface area (Å²) in [5.74, 6) is 1.45. The summed E-state index contributed by atoms with van der Waals surface area (Å²) in [6.45, 7) is 8.78. The quantitative estimate of drug-likeness (QED) is 0.632. The van der Waals surface area contributed by atoms with Gasteiger partial charge in [-0.15, -0.1) is 0 Å². The van der Waals surface area contributed by atoms with Gasteiger partial charge in [0.25, 0.3) is 0 Å². The molecule has 0 aromatic heterocycles. The van der Waals surface area contributed by atoms with Crippen molar-refractivity contribution in [3.63, 3.8) is 0 Å². The fourth-order valence-corrected chi connectivity index (χ4v) is 2.41. The van der Waals surface area contributed by atoms with Crippen molar-refractivity contribution in [2.75, 3.05) is 33.8 Å². The molecule has 0 heterocycles. The van der Waals surface area contributed by atoms with Crippen molar-refractivity contribution in [3.8, 4) is 0 Å². The zero-order valence-corrected chi connectivity index (χ0v) is 14.1. The molecular formula is C16H34N2O2. The van der Waals surface area contributed by atoms with Gasteiger partial charge >= 0.3 is 6.09 Å². The Hall–Kier alpha value is -0.770. The fourth-order valence-electron chi connectivity index (χ4n) is 2.41. The Kier molecular flexibility index (Phi) is 11.5. The Bertz CT molecular complexity index is 247. The summed E-state index contributed by atoms with van der Waals surface area (Å²) >= 11 is 0. The molecule has 0 spiro atoms. The molecule has 0 bridgehead atoms. The maximum Gasteiger partial charge on any atom is 0.409 e. The highest BCUT2D eigenvalue weighted by molar-refractivity contribution is 5.67. The van der Waals surface area contributed by atoms with Gasteiger partial charge in [-0.05, 0) is 31.7 Å². The van der Waals surface area contributed by atoms with Crippen molar-refractivity contribution < 1.29 is 9.53 Å². The first-order chi connectivity index (χ1) is 9.54. The van der Waals surface area contributed by atoms with E-state index in [2.05, 4.69) is 26.1 Å². The first-order valence-corrected chi connectivity index (χ1v) is 8.07. The van der Waals surface area contributed by atoms with Gasteiger partial charge in [0.1, 0.15) is 0 Å². The number of nitrogens with zero attached hydrogens (tertiary/aromatic N) is 1. The molecule has 0 aromatic rings. The van der Waals surface area contributed by atoms with Gasteiger partial charge in [0.2, 0.25) is 0 Å². The van der Waals surface area contributed by atoms with Crippen LogP contribution in [-0.2, 0) is 4.74 Å². The molecule has 1 amide bonds. The third-order valence-corrected chi connectivity index (χ3v) is 3.86. The molecule has 2 atom stereocenters. The van der Waals surface area contributed by atoms with E-state index < -0.39 is 0 Å². The molecule has 0 aliphatic rings. The third-order valence-electron chi connectivity index (χ3n) is 3.86. The van der Waals surface area contributed by atoms with E-state index in [0.29, 0.717) is 19.1 Å². The molecule has 20 heavy (non-hydrogen) atoms. The lowest BCUT2D eigenvalue weighted by Gasteiger charge is -2.20. The van der Waals surface area contributed by atoms with E-state index in [1.807, 2.05) is 7.05 Å². The van der Waals surface area contributed by atoms with Crippen LogP contribution < -0.4 is 5.32 Å². The van der Waals surface area contributed by atoms with Crippen LogP contribution in [0.4, 0.5) is 4.79 Å². The van der Waals surface area contributed by atoms with Crippen LogP contribution in [0, 0.1) is 11.8 Å². The van der Waals surface area contributed by atoms with E-state index >= 15 is 0 Å². The van der Waals surface area contributed by atoms with Gasteiger partial charge < -0.3 is 15.0 Å². The van der Waals surface area contributed by atoms with Gasteiger partial charge in [0, 0.05) is 20.1 Å². The second kappa shape index (κ2) is 12.0. The highest BCUT2D eigenvalue weighted by Crippen LogP contribution is 2.22. The van der Waals surface area contributed by atoms with Crippen LogP contribution in [-0.4, -0.2) is 44.8 Å². The summed E-state index contributed by atoms with van der Waals surface area (Å²) in [6, 6.07) is 0. The van der Waals surface area contributed by atoms with E-state index in [4.69, 9.17) is 4.74 Å². The van der Waals surface area contributed by atoms with Crippen LogP contribution in [0.25, 0.3) is 0 Å². The van der Waals surface area contributed by atoms with Crippen LogP contribution in [0.15, 0.2) is 0 Å². The molecule has 0 fully saturated rings. The SMILES string of the molecule is CCCC(CC)CC(C)CCOC(=O)N(C)CCNC. The number of hydrogen-bond donors (Lipinski definition) is 1. The number of nitrogens with one attached hydrogen (secondary N) is 1. The predicted molar refractivity (Wildman–Crippen MR) is 85.0 cm³/mol. The summed E-state index contributed by atoms with van der Waals surface area (Å²) in [5.41, 5.74) is 0. The van der Waals surface area contributed by atoms with Crippen LogP contribution >= 0.6 is 0 Å². The molecule has 2 unspecified atom stereocenters. The number of carbonyl (C=O) groups excluding carboxylic acids is 1. The van der Waals surface area contributed by atoms with Crippen molar-refractivity contribution in [3.05, 3.63) is 0 Å². The lowest BCUT2D eigenvalue weighted by atomic mass is 9.89. The van der Waals surface area contributed by atoms with E-state index in [9.17, 15) is 4.79 Å². The van der Waals surface area contributed by atoms with E-state index in [1.54, 1.807) is 11.9 Å². The molecule has 0 saturated carbocycles. The second-order valence-corrected chi connectivity index (χ2v) is 5.83. The maximum atomic E-state index is 11.7. The zero-order valence-electron chi connectivity index (χ0n) is 14.1. The standard InChI is InChI=1S/C16H34N2O2/c1-6-8-15(7-2)13-14(3)9-12-20-16(19)18(5)11-10-17-4/h14-15,17H,6-13H2,1-5H3. The monoisotopic (exact) mass is 286 g/mol. The van der Waals surface area contributed by atoms with Crippen LogP contribution in [0.2, 0.25) is 0 Å². The largest absolute Gasteiger partial charge is 0.449 e. The zero-order chi connectivity index (χ0) is 15.4. The Morgan fingerprint density at radius 2 is 2.00 bits per heavy atom. The average molecular weight is 286 g/mol. The summed E-state index contributed by atoms with van der Waals surface area (Å²) in [7, 11) is 3.65. The van der Waals surface area contributed by atoms with Gasteiger partial charge in [0.15, 0.2) is 0 Å². The van der Waals surface area contributed by atoms with Gasteiger partial charge in [0.05, 0.1) is 6.61 Å². The van der Waals surface area contributed by atoms with Crippen molar-refractivity contribution in [2.45, 2.75) is 52.9 Å². The molecule has 0 aromatic carbocycles. The van der Waals surface area contributed by atoms with Gasteiger partial charge in [-0.2, -0.15) is 0 Å². The third kappa shape index (κ3) is 9.18. The summed E-state index contributed by atoms with van der Waals surface area (Å²) in [5, 5.41) is 3.02. The van der Waals surface area contributed by atoms with Crippen molar-refractivity contribution in [2.24, 2.45) is 11.8 Å². The minimum absolute atomic E-state index is 0.215. The van der Waals surface area contributed by atoms with Crippen molar-refractivity contribution in [1.82, 2.24) is 10.2 Å². The minimum Gasteiger partial charge on any atom is -0.449 e. The molecule has 0 saturated heterocycles. The molecule has 0 radical (unpaired) electrons. The number of ether oxygens (including phenoxy) is 1. The fraction of sp³-hybridized carbons (Fsp3) is 0.938.